The molecular weight excluding hydrogens is 164 g/mol. The van der Waals surface area contributed by atoms with Gasteiger partial charge in [0.15, 0.2) is 0 Å². The molecule has 0 aliphatic carbocycles. The second-order valence-corrected chi connectivity index (χ2v) is 2.03. The molecule has 0 fully saturated rings. The van der Waals surface area contributed by atoms with E-state index < -0.39 is 5.97 Å². The van der Waals surface area contributed by atoms with Crippen LogP contribution < -0.4 is 5.11 Å². The Morgan fingerprint density at radius 3 is 2.27 bits per heavy atom. The second-order valence-electron chi connectivity index (χ2n) is 2.03. The fourth-order valence-electron chi connectivity index (χ4n) is 0.763. The normalized spacial score (nSPS) is 8.36. The Kier molecular flexibility index (Phi) is 4.30. The highest BCUT2D eigenvalue weighted by Gasteiger charge is 1.88. The molecule has 0 saturated carbocycles. The van der Waals surface area contributed by atoms with Gasteiger partial charge in [0.2, 0.25) is 0 Å². The Morgan fingerprint density at radius 2 is 1.82 bits per heavy atom. The molecule has 0 amide bonds. The van der Waals surface area contributed by atoms with Crippen LogP contribution in [0.1, 0.15) is 5.56 Å². The average Bonchev–Trinajstić information content (AvgIpc) is 1.88. The molecule has 1 rings (SSSR count). The van der Waals surface area contributed by atoms with E-state index in [2.05, 4.69) is 0 Å². The van der Waals surface area contributed by atoms with E-state index in [1.807, 2.05) is 6.07 Å². The molecule has 0 radical (unpaired) electrons. The van der Waals surface area contributed by atoms with E-state index in [4.69, 9.17) is 0 Å². The summed E-state index contributed by atoms with van der Waals surface area (Å²) >= 11 is 0. The van der Waals surface area contributed by atoms with Crippen LogP contribution in [0.5, 0.6) is 0 Å². The van der Waals surface area contributed by atoms with Gasteiger partial charge in [-0.3, -0.25) is 0 Å². The van der Waals surface area contributed by atoms with Gasteiger partial charge in [-0.05, 0) is 5.56 Å². The zero-order valence-corrected chi connectivity index (χ0v) is 6.64. The van der Waals surface area contributed by atoms with Crippen LogP contribution in [0.2, 0.25) is 0 Å². The minimum absolute atomic E-state index is 0. The molecule has 11 heavy (non-hydrogen) atoms. The van der Waals surface area contributed by atoms with Crippen LogP contribution in [0.3, 0.4) is 0 Å². The van der Waals surface area contributed by atoms with Crippen molar-refractivity contribution in [1.29, 1.82) is 0 Å². The van der Waals surface area contributed by atoms with Gasteiger partial charge in [-0.25, -0.2) is 0 Å². The number of hydrogen-bond acceptors (Lipinski definition) is 2. The second kappa shape index (κ2) is 4.74. The molecule has 0 aromatic heterocycles. The van der Waals surface area contributed by atoms with Gasteiger partial charge in [0.1, 0.15) is 0 Å². The highest BCUT2D eigenvalue weighted by molar-refractivity contribution is 5.85. The van der Waals surface area contributed by atoms with Crippen LogP contribution in [-0.2, 0) is 11.2 Å². The summed E-state index contributed by atoms with van der Waals surface area (Å²) in [4.78, 5) is 10.1. The molecule has 0 bridgehead atoms. The van der Waals surface area contributed by atoms with E-state index in [0.29, 0.717) is 0 Å². The SMILES string of the molecule is Cl.O=C([O-])Cc1ccccc1. The first-order valence-electron chi connectivity index (χ1n) is 3.03. The molecule has 0 aliphatic rings. The molecule has 2 nitrogen and oxygen atoms in total. The first kappa shape index (κ1) is 9.98. The Labute approximate surface area is 71.3 Å². The van der Waals surface area contributed by atoms with Crippen molar-refractivity contribution in [3.63, 3.8) is 0 Å². The lowest BCUT2D eigenvalue weighted by Crippen LogP contribution is -2.24. The van der Waals surface area contributed by atoms with Crippen LogP contribution in [0, 0.1) is 0 Å². The summed E-state index contributed by atoms with van der Waals surface area (Å²) in [5, 5.41) is 10.1. The largest absolute Gasteiger partial charge is 0.550 e. The van der Waals surface area contributed by atoms with Crippen LogP contribution in [0.4, 0.5) is 0 Å². The molecule has 1 aromatic carbocycles. The van der Waals surface area contributed by atoms with Crippen molar-refractivity contribution < 1.29 is 9.90 Å². The molecule has 1 aromatic rings. The molecule has 3 heteroatoms. The number of carboxylic acid groups (broad SMARTS) is 1. The highest BCUT2D eigenvalue weighted by atomic mass is 35.5. The minimum Gasteiger partial charge on any atom is -0.550 e. The summed E-state index contributed by atoms with van der Waals surface area (Å²) in [5.41, 5.74) is 0.780. The Morgan fingerprint density at radius 1 is 1.27 bits per heavy atom. The molecule has 0 atom stereocenters. The minimum atomic E-state index is -1.04. The van der Waals surface area contributed by atoms with E-state index >= 15 is 0 Å². The zero-order valence-electron chi connectivity index (χ0n) is 5.82. The molecule has 0 N–H and O–H groups in total. The van der Waals surface area contributed by atoms with E-state index in [-0.39, 0.29) is 18.8 Å². The zero-order chi connectivity index (χ0) is 7.40. The van der Waals surface area contributed by atoms with Gasteiger partial charge < -0.3 is 9.90 Å². The average molecular weight is 172 g/mol. The smallest absolute Gasteiger partial charge is 0.0458 e. The highest BCUT2D eigenvalue weighted by Crippen LogP contribution is 1.97. The van der Waals surface area contributed by atoms with E-state index in [9.17, 15) is 9.90 Å². The quantitative estimate of drug-likeness (QED) is 0.647. The fraction of sp³-hybridized carbons (Fsp3) is 0.125. The Balaban J connectivity index is 0.000001000. The summed E-state index contributed by atoms with van der Waals surface area (Å²) in [6.07, 6.45) is 0.000833. The van der Waals surface area contributed by atoms with Gasteiger partial charge in [-0.2, -0.15) is 0 Å². The summed E-state index contributed by atoms with van der Waals surface area (Å²) < 4.78 is 0. The van der Waals surface area contributed by atoms with Crippen LogP contribution in [0.15, 0.2) is 30.3 Å². The standard InChI is InChI=1S/C8H8O2.ClH/c9-8(10)6-7-4-2-1-3-5-7;/h1-5H,6H2,(H,9,10);1H/p-1. The molecule has 0 heterocycles. The van der Waals surface area contributed by atoms with Gasteiger partial charge >= 0.3 is 0 Å². The van der Waals surface area contributed by atoms with Gasteiger partial charge in [-0.15, -0.1) is 12.4 Å². The third-order valence-electron chi connectivity index (χ3n) is 1.19. The summed E-state index contributed by atoms with van der Waals surface area (Å²) in [7, 11) is 0. The third kappa shape index (κ3) is 3.63. The predicted octanol–water partition coefficient (Wildman–Crippen LogP) is 0.401. The molecule has 0 spiro atoms. The first-order valence-corrected chi connectivity index (χ1v) is 3.03. The maximum Gasteiger partial charge on any atom is 0.0458 e. The number of carbonyl (C=O) groups is 1. The number of halogens is 1. The number of benzene rings is 1. The Hall–Kier alpha value is -1.02. The number of carboxylic acids is 1. The van der Waals surface area contributed by atoms with Crippen molar-refractivity contribution in [2.45, 2.75) is 6.42 Å². The molecule has 0 aliphatic heterocycles. The van der Waals surface area contributed by atoms with Crippen molar-refractivity contribution in [3.05, 3.63) is 35.9 Å². The summed E-state index contributed by atoms with van der Waals surface area (Å²) in [6, 6.07) is 8.97. The van der Waals surface area contributed by atoms with Crippen molar-refractivity contribution >= 4 is 18.4 Å². The van der Waals surface area contributed by atoms with Gasteiger partial charge in [0.05, 0.1) is 0 Å². The number of hydrogen-bond donors (Lipinski definition) is 0. The number of aliphatic carboxylic acids is 1. The van der Waals surface area contributed by atoms with Crippen molar-refractivity contribution in [3.8, 4) is 0 Å². The van der Waals surface area contributed by atoms with Gasteiger partial charge in [0.25, 0.3) is 0 Å². The van der Waals surface area contributed by atoms with Crippen molar-refractivity contribution in [2.75, 3.05) is 0 Å². The van der Waals surface area contributed by atoms with Crippen LogP contribution in [-0.4, -0.2) is 5.97 Å². The number of carbonyl (C=O) groups excluding carboxylic acids is 1. The maximum atomic E-state index is 10.1. The van der Waals surface area contributed by atoms with Crippen LogP contribution in [0.25, 0.3) is 0 Å². The molecule has 60 valence electrons. The first-order chi connectivity index (χ1) is 4.79. The van der Waals surface area contributed by atoms with E-state index in [1.165, 1.54) is 0 Å². The molecule has 0 unspecified atom stereocenters. The fourth-order valence-corrected chi connectivity index (χ4v) is 0.763. The predicted molar refractivity (Wildman–Crippen MR) is 42.4 cm³/mol. The van der Waals surface area contributed by atoms with Gasteiger partial charge in [-0.1, -0.05) is 30.3 Å². The maximum absolute atomic E-state index is 10.1. The lowest BCUT2D eigenvalue weighted by molar-refractivity contribution is -0.304. The van der Waals surface area contributed by atoms with Crippen LogP contribution >= 0.6 is 12.4 Å². The van der Waals surface area contributed by atoms with E-state index in [0.717, 1.165) is 5.56 Å². The monoisotopic (exact) mass is 171 g/mol. The Bertz CT molecular complexity index is 221. The van der Waals surface area contributed by atoms with Gasteiger partial charge in [0, 0.05) is 12.4 Å². The summed E-state index contributed by atoms with van der Waals surface area (Å²) in [6.45, 7) is 0. The molecular formula is C8H8ClO2-. The number of rotatable bonds is 2. The van der Waals surface area contributed by atoms with Crippen molar-refractivity contribution in [1.82, 2.24) is 0 Å². The molecule has 0 saturated heterocycles. The van der Waals surface area contributed by atoms with E-state index in [1.54, 1.807) is 24.3 Å². The van der Waals surface area contributed by atoms with Crippen molar-refractivity contribution in [2.24, 2.45) is 0 Å². The topological polar surface area (TPSA) is 40.1 Å². The lowest BCUT2D eigenvalue weighted by atomic mass is 10.2. The summed E-state index contributed by atoms with van der Waals surface area (Å²) in [5.74, 6) is -1.04. The lowest BCUT2D eigenvalue weighted by Gasteiger charge is -1.99. The third-order valence-corrected chi connectivity index (χ3v) is 1.19.